The molecule has 8 heteroatoms. The average molecular weight is 483 g/mol. The Morgan fingerprint density at radius 3 is 2.64 bits per heavy atom. The Bertz CT molecular complexity index is 1410. The SMILES string of the molecule is Cc1cc(C)c2c(c1)[C@]1(C(=O)N2)C(C(=O)c2ccccn2)C(c2ccc([N+](=O)[O-])cc2)C2CCCN21. The largest absolute Gasteiger partial charge is 0.324 e. The number of rotatable bonds is 4. The highest BCUT2D eigenvalue weighted by atomic mass is 16.6. The first-order valence-corrected chi connectivity index (χ1v) is 12.2. The van der Waals surface area contributed by atoms with Crippen LogP contribution in [0, 0.1) is 29.9 Å². The van der Waals surface area contributed by atoms with Gasteiger partial charge in [-0.05, 0) is 56.5 Å². The maximum Gasteiger partial charge on any atom is 0.269 e. The zero-order valence-corrected chi connectivity index (χ0v) is 20.1. The monoisotopic (exact) mass is 482 g/mol. The van der Waals surface area contributed by atoms with Crippen molar-refractivity contribution in [2.24, 2.45) is 5.92 Å². The molecule has 3 aromatic rings. The Balaban J connectivity index is 1.62. The number of carbonyl (C=O) groups is 2. The second-order valence-corrected chi connectivity index (χ2v) is 10.1. The fraction of sp³-hybridized carbons (Fsp3) is 0.321. The molecule has 2 aromatic carbocycles. The number of ketones is 1. The summed E-state index contributed by atoms with van der Waals surface area (Å²) in [5, 5.41) is 14.4. The number of aromatic nitrogens is 1. The van der Waals surface area contributed by atoms with Crippen LogP contribution in [0.4, 0.5) is 11.4 Å². The van der Waals surface area contributed by atoms with Gasteiger partial charge in [-0.3, -0.25) is 29.6 Å². The van der Waals surface area contributed by atoms with Gasteiger partial charge in [0.05, 0.1) is 10.8 Å². The molecule has 0 aliphatic carbocycles. The molecule has 1 N–H and O–H groups in total. The van der Waals surface area contributed by atoms with E-state index in [2.05, 4.69) is 15.2 Å². The summed E-state index contributed by atoms with van der Waals surface area (Å²) in [6.45, 7) is 4.68. The molecule has 4 heterocycles. The minimum absolute atomic E-state index is 0.00227. The van der Waals surface area contributed by atoms with Crippen LogP contribution < -0.4 is 5.32 Å². The lowest BCUT2D eigenvalue weighted by atomic mass is 9.69. The molecule has 2 fully saturated rings. The number of fused-ring (bicyclic) bond motifs is 4. The van der Waals surface area contributed by atoms with E-state index in [9.17, 15) is 19.7 Å². The van der Waals surface area contributed by atoms with Gasteiger partial charge in [0.1, 0.15) is 11.2 Å². The van der Waals surface area contributed by atoms with Crippen LogP contribution in [0.15, 0.2) is 60.8 Å². The molecule has 182 valence electrons. The Morgan fingerprint density at radius 1 is 1.17 bits per heavy atom. The van der Waals surface area contributed by atoms with Crippen molar-refractivity contribution in [1.29, 1.82) is 0 Å². The fourth-order valence-electron chi connectivity index (χ4n) is 6.88. The van der Waals surface area contributed by atoms with Crippen LogP contribution in [0.1, 0.15) is 51.5 Å². The molecule has 0 bridgehead atoms. The molecular weight excluding hydrogens is 456 g/mol. The molecule has 2 saturated heterocycles. The minimum Gasteiger partial charge on any atom is -0.324 e. The molecule has 1 aromatic heterocycles. The Morgan fingerprint density at radius 2 is 1.94 bits per heavy atom. The number of non-ortho nitro benzene ring substituents is 1. The van der Waals surface area contributed by atoms with Crippen LogP contribution in [0.2, 0.25) is 0 Å². The number of pyridine rings is 1. The van der Waals surface area contributed by atoms with Crippen molar-refractivity contribution in [2.75, 3.05) is 11.9 Å². The molecule has 3 aliphatic heterocycles. The summed E-state index contributed by atoms with van der Waals surface area (Å²) in [5.74, 6) is -1.42. The second kappa shape index (κ2) is 8.06. The quantitative estimate of drug-likeness (QED) is 0.333. The van der Waals surface area contributed by atoms with Crippen LogP contribution in [0.3, 0.4) is 0 Å². The zero-order chi connectivity index (χ0) is 25.2. The number of anilines is 1. The van der Waals surface area contributed by atoms with Gasteiger partial charge in [-0.1, -0.05) is 35.9 Å². The first kappa shape index (κ1) is 22.5. The first-order chi connectivity index (χ1) is 17.3. The van der Waals surface area contributed by atoms with Gasteiger partial charge < -0.3 is 5.32 Å². The van der Waals surface area contributed by atoms with Crippen molar-refractivity contribution in [2.45, 2.75) is 44.2 Å². The van der Waals surface area contributed by atoms with Crippen molar-refractivity contribution < 1.29 is 14.5 Å². The predicted molar refractivity (Wildman–Crippen MR) is 134 cm³/mol. The number of amides is 1. The van der Waals surface area contributed by atoms with Crippen molar-refractivity contribution in [3.05, 3.63) is 98.9 Å². The highest BCUT2D eigenvalue weighted by molar-refractivity contribution is 6.12. The van der Waals surface area contributed by atoms with E-state index >= 15 is 0 Å². The molecule has 4 atom stereocenters. The summed E-state index contributed by atoms with van der Waals surface area (Å²) < 4.78 is 0. The van der Waals surface area contributed by atoms with E-state index in [1.807, 2.05) is 26.0 Å². The minimum atomic E-state index is -1.17. The standard InChI is InChI=1S/C28H26N4O4/c1-16-14-17(2)25-20(15-16)28(27(34)30-25)24(26(33)21-6-3-4-12-29-21)23(22-7-5-13-31(22)28)18-8-10-19(11-9-18)32(35)36/h3-4,6,8-12,14-15,22-24H,5,7,13H2,1-2H3,(H,30,34)/t22?,23?,24?,28-/m1/s1. The van der Waals surface area contributed by atoms with Crippen LogP contribution in [0.5, 0.6) is 0 Å². The molecule has 0 radical (unpaired) electrons. The summed E-state index contributed by atoms with van der Waals surface area (Å²) >= 11 is 0. The average Bonchev–Trinajstić information content (AvgIpc) is 3.53. The van der Waals surface area contributed by atoms with Crippen LogP contribution >= 0.6 is 0 Å². The van der Waals surface area contributed by atoms with Gasteiger partial charge >= 0.3 is 0 Å². The number of nitro benzene ring substituents is 1. The third kappa shape index (κ3) is 3.00. The van der Waals surface area contributed by atoms with E-state index in [4.69, 9.17) is 0 Å². The van der Waals surface area contributed by atoms with Gasteiger partial charge in [0, 0.05) is 41.5 Å². The topological polar surface area (TPSA) is 105 Å². The molecule has 6 rings (SSSR count). The van der Waals surface area contributed by atoms with Gasteiger partial charge in [-0.2, -0.15) is 0 Å². The Labute approximate surface area is 208 Å². The third-order valence-electron chi connectivity index (χ3n) is 8.14. The number of hydrogen-bond acceptors (Lipinski definition) is 6. The maximum atomic E-state index is 14.3. The van der Waals surface area contributed by atoms with Crippen LogP contribution in [0.25, 0.3) is 0 Å². The Kier molecular flexibility index (Phi) is 5.05. The summed E-state index contributed by atoms with van der Waals surface area (Å²) in [4.78, 5) is 45.9. The molecule has 3 unspecified atom stereocenters. The normalized spacial score (nSPS) is 26.6. The number of nitrogens with zero attached hydrogens (tertiary/aromatic N) is 3. The van der Waals surface area contributed by atoms with E-state index in [-0.39, 0.29) is 29.3 Å². The molecule has 1 spiro atoms. The molecule has 1 amide bonds. The number of aryl methyl sites for hydroxylation is 2. The maximum absolute atomic E-state index is 14.3. The number of carbonyl (C=O) groups excluding carboxylic acids is 2. The zero-order valence-electron chi connectivity index (χ0n) is 20.1. The van der Waals surface area contributed by atoms with E-state index in [0.717, 1.165) is 40.8 Å². The highest BCUT2D eigenvalue weighted by Gasteiger charge is 2.69. The van der Waals surface area contributed by atoms with Crippen molar-refractivity contribution in [1.82, 2.24) is 9.88 Å². The summed E-state index contributed by atoms with van der Waals surface area (Å²) in [7, 11) is 0. The smallest absolute Gasteiger partial charge is 0.269 e. The van der Waals surface area contributed by atoms with Gasteiger partial charge in [-0.15, -0.1) is 0 Å². The van der Waals surface area contributed by atoms with Gasteiger partial charge in [0.25, 0.3) is 5.69 Å². The van der Waals surface area contributed by atoms with Crippen LogP contribution in [-0.4, -0.2) is 39.1 Å². The number of nitro groups is 1. The van der Waals surface area contributed by atoms with Crippen molar-refractivity contribution in [3.63, 3.8) is 0 Å². The van der Waals surface area contributed by atoms with Crippen molar-refractivity contribution >= 4 is 23.1 Å². The fourth-order valence-corrected chi connectivity index (χ4v) is 6.88. The number of nitrogens with one attached hydrogen (secondary N) is 1. The lowest BCUT2D eigenvalue weighted by molar-refractivity contribution is -0.384. The van der Waals surface area contributed by atoms with E-state index in [1.165, 1.54) is 12.1 Å². The second-order valence-electron chi connectivity index (χ2n) is 10.1. The van der Waals surface area contributed by atoms with Gasteiger partial charge in [0.2, 0.25) is 5.91 Å². The van der Waals surface area contributed by atoms with Gasteiger partial charge in [0.15, 0.2) is 5.78 Å². The van der Waals surface area contributed by atoms with E-state index < -0.39 is 16.4 Å². The Hall–Kier alpha value is -3.91. The van der Waals surface area contributed by atoms with E-state index in [1.54, 1.807) is 36.5 Å². The molecule has 36 heavy (non-hydrogen) atoms. The number of hydrogen-bond donors (Lipinski definition) is 1. The molecule has 0 saturated carbocycles. The molecule has 8 nitrogen and oxygen atoms in total. The molecule has 3 aliphatic rings. The van der Waals surface area contributed by atoms with E-state index in [0.29, 0.717) is 12.2 Å². The lowest BCUT2D eigenvalue weighted by Crippen LogP contribution is -2.53. The van der Waals surface area contributed by atoms with Crippen LogP contribution in [-0.2, 0) is 10.3 Å². The number of benzene rings is 2. The summed E-state index contributed by atoms with van der Waals surface area (Å²) in [6.07, 6.45) is 3.34. The summed E-state index contributed by atoms with van der Waals surface area (Å²) in [5.41, 5.74) is 3.59. The third-order valence-corrected chi connectivity index (χ3v) is 8.14. The highest BCUT2D eigenvalue weighted by Crippen LogP contribution is 2.61. The number of Topliss-reactive ketones (excluding diaryl/α,β-unsaturated/α-hetero) is 1. The summed E-state index contributed by atoms with van der Waals surface area (Å²) in [6, 6.07) is 15.7. The van der Waals surface area contributed by atoms with Crippen molar-refractivity contribution in [3.8, 4) is 0 Å². The lowest BCUT2D eigenvalue weighted by Gasteiger charge is -2.37. The van der Waals surface area contributed by atoms with Gasteiger partial charge in [-0.25, -0.2) is 0 Å². The first-order valence-electron chi connectivity index (χ1n) is 12.2. The molecular formula is C28H26N4O4. The predicted octanol–water partition coefficient (Wildman–Crippen LogP) is 4.51.